The van der Waals surface area contributed by atoms with Crippen LogP contribution >= 0.6 is 0 Å². The molecule has 0 atom stereocenters. The highest BCUT2D eigenvalue weighted by Crippen LogP contribution is 2.39. The number of nitrogens with zero attached hydrogens (tertiary/aromatic N) is 2. The summed E-state index contributed by atoms with van der Waals surface area (Å²) in [5.41, 5.74) is 2.36. The molecule has 1 aromatic heterocycles. The Morgan fingerprint density at radius 3 is 2.61 bits per heavy atom. The first-order valence-electron chi connectivity index (χ1n) is 6.29. The summed E-state index contributed by atoms with van der Waals surface area (Å²) < 4.78 is 0. The van der Waals surface area contributed by atoms with Crippen LogP contribution in [-0.4, -0.2) is 27.2 Å². The van der Waals surface area contributed by atoms with Gasteiger partial charge >= 0.3 is 0 Å². The minimum absolute atomic E-state index is 0.141. The molecule has 2 rings (SSSR count). The van der Waals surface area contributed by atoms with Crippen molar-refractivity contribution in [3.63, 3.8) is 0 Å². The second kappa shape index (κ2) is 5.07. The summed E-state index contributed by atoms with van der Waals surface area (Å²) in [6.45, 7) is 4.19. The van der Waals surface area contributed by atoms with E-state index < -0.39 is 0 Å². The van der Waals surface area contributed by atoms with Crippen LogP contribution in [0.25, 0.3) is 0 Å². The third kappa shape index (κ3) is 3.30. The molecule has 6 heteroatoms. The lowest BCUT2D eigenvalue weighted by Gasteiger charge is -2.26. The van der Waals surface area contributed by atoms with Crippen molar-refractivity contribution in [3.8, 4) is 0 Å². The SMILES string of the molecule is CC(C)(CCO)Nc1cc(NN)nc(C2CC2)n1. The molecule has 5 N–H and O–H groups in total. The van der Waals surface area contributed by atoms with Gasteiger partial charge in [0.05, 0.1) is 0 Å². The Morgan fingerprint density at radius 1 is 1.39 bits per heavy atom. The average Bonchev–Trinajstić information content (AvgIpc) is 3.11. The molecular weight excluding hydrogens is 230 g/mol. The normalized spacial score (nSPS) is 15.6. The van der Waals surface area contributed by atoms with E-state index in [1.54, 1.807) is 6.07 Å². The molecule has 100 valence electrons. The zero-order valence-electron chi connectivity index (χ0n) is 10.9. The molecule has 1 aliphatic rings. The van der Waals surface area contributed by atoms with Crippen molar-refractivity contribution in [2.45, 2.75) is 44.6 Å². The van der Waals surface area contributed by atoms with Crippen molar-refractivity contribution in [3.05, 3.63) is 11.9 Å². The van der Waals surface area contributed by atoms with Crippen molar-refractivity contribution >= 4 is 11.6 Å². The fourth-order valence-electron chi connectivity index (χ4n) is 1.82. The molecule has 1 aliphatic carbocycles. The standard InChI is InChI=1S/C12H21N5O/c1-12(2,5-6-18)16-9-7-10(17-13)15-11(14-9)8-3-4-8/h7-8,18H,3-6,13H2,1-2H3,(H2,14,15,16,17). The Morgan fingerprint density at radius 2 is 2.06 bits per heavy atom. The summed E-state index contributed by atoms with van der Waals surface area (Å²) in [6, 6.07) is 1.78. The maximum absolute atomic E-state index is 9.03. The molecule has 18 heavy (non-hydrogen) atoms. The minimum Gasteiger partial charge on any atom is -0.396 e. The molecule has 0 spiro atoms. The molecule has 0 aromatic carbocycles. The number of nitrogen functional groups attached to an aromatic ring is 1. The van der Waals surface area contributed by atoms with Gasteiger partial charge in [0.25, 0.3) is 0 Å². The lowest BCUT2D eigenvalue weighted by Crippen LogP contribution is -2.32. The van der Waals surface area contributed by atoms with Crippen LogP contribution in [0.3, 0.4) is 0 Å². The average molecular weight is 251 g/mol. The number of nitrogens with one attached hydrogen (secondary N) is 2. The van der Waals surface area contributed by atoms with Gasteiger partial charge in [0.1, 0.15) is 17.5 Å². The molecule has 1 heterocycles. The van der Waals surface area contributed by atoms with Crippen LogP contribution in [0.4, 0.5) is 11.6 Å². The Balaban J connectivity index is 2.18. The molecular formula is C12H21N5O. The van der Waals surface area contributed by atoms with Gasteiger partial charge in [0.2, 0.25) is 0 Å². The van der Waals surface area contributed by atoms with E-state index in [-0.39, 0.29) is 12.1 Å². The lowest BCUT2D eigenvalue weighted by atomic mass is 10.0. The summed E-state index contributed by atoms with van der Waals surface area (Å²) in [5.74, 6) is 8.10. The van der Waals surface area contributed by atoms with Crippen LogP contribution in [0.15, 0.2) is 6.07 Å². The van der Waals surface area contributed by atoms with E-state index in [0.717, 1.165) is 24.5 Å². The van der Waals surface area contributed by atoms with Gasteiger partial charge < -0.3 is 15.8 Å². The largest absolute Gasteiger partial charge is 0.396 e. The molecule has 0 aliphatic heterocycles. The molecule has 0 saturated heterocycles. The van der Waals surface area contributed by atoms with Gasteiger partial charge in [-0.15, -0.1) is 0 Å². The second-order valence-electron chi connectivity index (χ2n) is 5.40. The summed E-state index contributed by atoms with van der Waals surface area (Å²) in [4.78, 5) is 8.86. The van der Waals surface area contributed by atoms with Crippen LogP contribution < -0.4 is 16.6 Å². The first-order valence-corrected chi connectivity index (χ1v) is 6.29. The topological polar surface area (TPSA) is 96.1 Å². The Bertz CT molecular complexity index is 417. The molecule has 1 aromatic rings. The molecule has 0 radical (unpaired) electrons. The molecule has 1 fully saturated rings. The molecule has 0 amide bonds. The maximum Gasteiger partial charge on any atom is 0.145 e. The maximum atomic E-state index is 9.03. The zero-order valence-corrected chi connectivity index (χ0v) is 10.9. The number of hydrogen-bond donors (Lipinski definition) is 4. The van der Waals surface area contributed by atoms with Crippen LogP contribution in [0.5, 0.6) is 0 Å². The fourth-order valence-corrected chi connectivity index (χ4v) is 1.82. The highest BCUT2D eigenvalue weighted by molar-refractivity contribution is 5.48. The summed E-state index contributed by atoms with van der Waals surface area (Å²) in [6.07, 6.45) is 2.95. The van der Waals surface area contributed by atoms with Crippen LogP contribution in [0, 0.1) is 0 Å². The number of nitrogens with two attached hydrogens (primary N) is 1. The number of aromatic nitrogens is 2. The highest BCUT2D eigenvalue weighted by Gasteiger charge is 2.28. The number of rotatable bonds is 6. The monoisotopic (exact) mass is 251 g/mol. The Hall–Kier alpha value is -1.40. The number of anilines is 2. The summed E-state index contributed by atoms with van der Waals surface area (Å²) in [7, 11) is 0. The summed E-state index contributed by atoms with van der Waals surface area (Å²) in [5, 5.41) is 12.3. The van der Waals surface area contributed by atoms with Crippen molar-refractivity contribution in [2.24, 2.45) is 5.84 Å². The smallest absolute Gasteiger partial charge is 0.145 e. The van der Waals surface area contributed by atoms with Gasteiger partial charge in [-0.25, -0.2) is 15.8 Å². The third-order valence-corrected chi connectivity index (χ3v) is 3.04. The first-order chi connectivity index (χ1) is 8.54. The van der Waals surface area contributed by atoms with Crippen LogP contribution in [0.1, 0.15) is 44.9 Å². The van der Waals surface area contributed by atoms with Crippen LogP contribution in [-0.2, 0) is 0 Å². The lowest BCUT2D eigenvalue weighted by molar-refractivity contribution is 0.260. The van der Waals surface area contributed by atoms with E-state index in [2.05, 4.69) is 20.7 Å². The highest BCUT2D eigenvalue weighted by atomic mass is 16.3. The minimum atomic E-state index is -0.213. The Labute approximate surface area is 107 Å². The zero-order chi connectivity index (χ0) is 13.2. The van der Waals surface area contributed by atoms with Gasteiger partial charge in [-0.3, -0.25) is 0 Å². The van der Waals surface area contributed by atoms with E-state index in [1.165, 1.54) is 0 Å². The first kappa shape index (κ1) is 13.0. The van der Waals surface area contributed by atoms with E-state index >= 15 is 0 Å². The second-order valence-corrected chi connectivity index (χ2v) is 5.40. The number of aliphatic hydroxyl groups is 1. The number of aliphatic hydroxyl groups excluding tert-OH is 1. The van der Waals surface area contributed by atoms with Gasteiger partial charge in [-0.05, 0) is 33.1 Å². The fraction of sp³-hybridized carbons (Fsp3) is 0.667. The third-order valence-electron chi connectivity index (χ3n) is 3.04. The number of hydrogen-bond acceptors (Lipinski definition) is 6. The van der Waals surface area contributed by atoms with Gasteiger partial charge in [-0.2, -0.15) is 0 Å². The summed E-state index contributed by atoms with van der Waals surface area (Å²) >= 11 is 0. The van der Waals surface area contributed by atoms with E-state index in [4.69, 9.17) is 10.9 Å². The quantitative estimate of drug-likeness (QED) is 0.448. The molecule has 0 unspecified atom stereocenters. The van der Waals surface area contributed by atoms with E-state index in [1.807, 2.05) is 13.8 Å². The Kier molecular flexibility index (Phi) is 3.68. The molecule has 6 nitrogen and oxygen atoms in total. The van der Waals surface area contributed by atoms with Crippen molar-refractivity contribution in [1.82, 2.24) is 9.97 Å². The van der Waals surface area contributed by atoms with E-state index in [0.29, 0.717) is 18.2 Å². The number of hydrazine groups is 1. The van der Waals surface area contributed by atoms with Crippen molar-refractivity contribution in [1.29, 1.82) is 0 Å². The van der Waals surface area contributed by atoms with Gasteiger partial charge in [0, 0.05) is 24.1 Å². The van der Waals surface area contributed by atoms with Crippen molar-refractivity contribution < 1.29 is 5.11 Å². The predicted molar refractivity (Wildman–Crippen MR) is 71.2 cm³/mol. The van der Waals surface area contributed by atoms with Crippen molar-refractivity contribution in [2.75, 3.05) is 17.3 Å². The van der Waals surface area contributed by atoms with Crippen LogP contribution in [0.2, 0.25) is 0 Å². The predicted octanol–water partition coefficient (Wildman–Crippen LogP) is 1.21. The van der Waals surface area contributed by atoms with Gasteiger partial charge in [0.15, 0.2) is 0 Å². The van der Waals surface area contributed by atoms with Gasteiger partial charge in [-0.1, -0.05) is 0 Å². The van der Waals surface area contributed by atoms with E-state index in [9.17, 15) is 0 Å². The molecule has 0 bridgehead atoms. The molecule has 1 saturated carbocycles.